The Morgan fingerprint density at radius 3 is 2.47 bits per heavy atom. The molecule has 1 aromatic heterocycles. The van der Waals surface area contributed by atoms with Gasteiger partial charge in [-0.2, -0.15) is 0 Å². The second-order valence-electron chi connectivity index (χ2n) is 7.51. The first kappa shape index (κ1) is 23.3. The summed E-state index contributed by atoms with van der Waals surface area (Å²) in [5.41, 5.74) is 1.75. The number of hydrogen-bond donors (Lipinski definition) is 0. The minimum absolute atomic E-state index is 0.0203. The van der Waals surface area contributed by atoms with Crippen LogP contribution < -0.4 is 10.3 Å². The van der Waals surface area contributed by atoms with Gasteiger partial charge in [-0.25, -0.2) is 9.78 Å². The van der Waals surface area contributed by atoms with Crippen LogP contribution in [0.2, 0.25) is 0 Å². The first-order valence-corrected chi connectivity index (χ1v) is 11.1. The van der Waals surface area contributed by atoms with Crippen molar-refractivity contribution < 1.29 is 14.3 Å². The fourth-order valence-corrected chi connectivity index (χ4v) is 3.50. The molecule has 2 aromatic carbocycles. The Kier molecular flexibility index (Phi) is 8.20. The third-order valence-electron chi connectivity index (χ3n) is 5.18. The van der Waals surface area contributed by atoms with Crippen LogP contribution in [-0.2, 0) is 17.7 Å². The molecule has 32 heavy (non-hydrogen) atoms. The van der Waals surface area contributed by atoms with Crippen LogP contribution in [0.15, 0.2) is 59.4 Å². The number of para-hydroxylation sites is 1. The van der Waals surface area contributed by atoms with Crippen molar-refractivity contribution in [3.8, 4) is 17.1 Å². The van der Waals surface area contributed by atoms with E-state index in [1.807, 2.05) is 54.6 Å². The Morgan fingerprint density at radius 2 is 1.75 bits per heavy atom. The Bertz CT molecular complexity index is 1110. The second-order valence-corrected chi connectivity index (χ2v) is 7.51. The highest BCUT2D eigenvalue weighted by atomic mass is 16.5. The predicted molar refractivity (Wildman–Crippen MR) is 125 cm³/mol. The van der Waals surface area contributed by atoms with E-state index in [2.05, 4.69) is 6.92 Å². The molecule has 0 unspecified atom stereocenters. The largest absolute Gasteiger partial charge is 0.493 e. The quantitative estimate of drug-likeness (QED) is 0.338. The van der Waals surface area contributed by atoms with Crippen LogP contribution >= 0.6 is 0 Å². The van der Waals surface area contributed by atoms with E-state index in [1.54, 1.807) is 18.4 Å². The molecule has 3 aromatic rings. The zero-order valence-corrected chi connectivity index (χ0v) is 19.0. The molecule has 168 valence electrons. The molecular formula is C26H30N2O4. The fraction of sp³-hybridized carbons (Fsp3) is 0.346. The van der Waals surface area contributed by atoms with Gasteiger partial charge < -0.3 is 9.47 Å². The van der Waals surface area contributed by atoms with Crippen molar-refractivity contribution in [1.82, 2.24) is 9.55 Å². The fourth-order valence-electron chi connectivity index (χ4n) is 3.50. The van der Waals surface area contributed by atoms with Gasteiger partial charge in [-0.3, -0.25) is 9.36 Å². The van der Waals surface area contributed by atoms with Gasteiger partial charge >= 0.3 is 5.97 Å². The van der Waals surface area contributed by atoms with E-state index in [4.69, 9.17) is 14.5 Å². The number of esters is 1. The third-order valence-corrected chi connectivity index (χ3v) is 5.18. The lowest BCUT2D eigenvalue weighted by atomic mass is 10.1. The van der Waals surface area contributed by atoms with Gasteiger partial charge in [0.25, 0.3) is 5.56 Å². The second kappa shape index (κ2) is 11.3. The molecule has 0 aliphatic rings. The molecule has 3 rings (SSSR count). The molecule has 0 saturated carbocycles. The summed E-state index contributed by atoms with van der Waals surface area (Å²) in [5, 5.41) is 0. The zero-order valence-electron chi connectivity index (χ0n) is 19.0. The number of carbonyl (C=O) groups excluding carboxylic acids is 1. The Morgan fingerprint density at radius 1 is 1.03 bits per heavy atom. The molecule has 0 spiro atoms. The molecule has 1 heterocycles. The highest BCUT2D eigenvalue weighted by molar-refractivity contribution is 5.90. The van der Waals surface area contributed by atoms with Gasteiger partial charge in [0, 0.05) is 6.54 Å². The lowest BCUT2D eigenvalue weighted by molar-refractivity contribution is 0.0522. The summed E-state index contributed by atoms with van der Waals surface area (Å²) in [4.78, 5) is 30.7. The number of hydrogen-bond acceptors (Lipinski definition) is 5. The number of unbranched alkanes of at least 4 members (excludes halogenated alkanes) is 1. The lowest BCUT2D eigenvalue weighted by Gasteiger charge is -2.18. The summed E-state index contributed by atoms with van der Waals surface area (Å²) in [6.45, 7) is 6.64. The summed E-state index contributed by atoms with van der Waals surface area (Å²) in [6.07, 6.45) is 2.58. The minimum Gasteiger partial charge on any atom is -0.493 e. The first-order chi connectivity index (χ1) is 15.6. The SMILES string of the molecule is CCCCOc1ccccc1-c1nc(C)c(C(=O)OCC)c(=O)n1CCc1ccccc1. The number of carbonyl (C=O) groups is 1. The van der Waals surface area contributed by atoms with E-state index < -0.39 is 11.5 Å². The van der Waals surface area contributed by atoms with Gasteiger partial charge in [0.05, 0.1) is 24.5 Å². The predicted octanol–water partition coefficient (Wildman–Crippen LogP) is 4.82. The smallest absolute Gasteiger partial charge is 0.345 e. The molecule has 0 aliphatic heterocycles. The van der Waals surface area contributed by atoms with Crippen LogP contribution in [0, 0.1) is 6.92 Å². The number of nitrogens with zero attached hydrogens (tertiary/aromatic N) is 2. The topological polar surface area (TPSA) is 70.4 Å². The van der Waals surface area contributed by atoms with Crippen LogP contribution in [-0.4, -0.2) is 28.7 Å². The lowest BCUT2D eigenvalue weighted by Crippen LogP contribution is -2.32. The molecule has 0 bridgehead atoms. The summed E-state index contributed by atoms with van der Waals surface area (Å²) in [7, 11) is 0. The number of aromatic nitrogens is 2. The molecular weight excluding hydrogens is 404 g/mol. The van der Waals surface area contributed by atoms with Gasteiger partial charge in [0.1, 0.15) is 17.1 Å². The van der Waals surface area contributed by atoms with E-state index in [0.717, 1.165) is 24.0 Å². The van der Waals surface area contributed by atoms with Crippen LogP contribution in [0.5, 0.6) is 5.75 Å². The van der Waals surface area contributed by atoms with Gasteiger partial charge in [0.15, 0.2) is 0 Å². The molecule has 0 radical (unpaired) electrons. The molecule has 0 N–H and O–H groups in total. The van der Waals surface area contributed by atoms with Crippen LogP contribution in [0.4, 0.5) is 0 Å². The molecule has 0 saturated heterocycles. The minimum atomic E-state index is -0.644. The van der Waals surface area contributed by atoms with Crippen molar-refractivity contribution in [3.63, 3.8) is 0 Å². The van der Waals surface area contributed by atoms with Gasteiger partial charge in [-0.05, 0) is 44.4 Å². The monoisotopic (exact) mass is 434 g/mol. The number of benzene rings is 2. The van der Waals surface area contributed by atoms with E-state index >= 15 is 0 Å². The number of ether oxygens (including phenoxy) is 2. The summed E-state index contributed by atoms with van der Waals surface area (Å²) >= 11 is 0. The van der Waals surface area contributed by atoms with Gasteiger partial charge in [-0.15, -0.1) is 0 Å². The molecule has 0 atom stereocenters. The van der Waals surface area contributed by atoms with Crippen molar-refractivity contribution in [2.45, 2.75) is 46.6 Å². The van der Waals surface area contributed by atoms with Crippen molar-refractivity contribution >= 4 is 5.97 Å². The number of rotatable bonds is 10. The van der Waals surface area contributed by atoms with E-state index in [-0.39, 0.29) is 12.2 Å². The Labute approximate surface area is 188 Å². The average molecular weight is 435 g/mol. The molecule has 0 aliphatic carbocycles. The summed E-state index contributed by atoms with van der Waals surface area (Å²) < 4.78 is 12.7. The zero-order chi connectivity index (χ0) is 22.9. The van der Waals surface area contributed by atoms with Crippen LogP contribution in [0.3, 0.4) is 0 Å². The Hall–Kier alpha value is -3.41. The molecule has 0 fully saturated rings. The van der Waals surface area contributed by atoms with E-state index in [0.29, 0.717) is 36.8 Å². The van der Waals surface area contributed by atoms with Gasteiger partial charge in [0.2, 0.25) is 0 Å². The van der Waals surface area contributed by atoms with Gasteiger partial charge in [-0.1, -0.05) is 55.8 Å². The molecule has 0 amide bonds. The van der Waals surface area contributed by atoms with Crippen LogP contribution in [0.1, 0.15) is 48.3 Å². The maximum absolute atomic E-state index is 13.5. The molecule has 6 nitrogen and oxygen atoms in total. The summed E-state index contributed by atoms with van der Waals surface area (Å²) in [6, 6.07) is 17.5. The highest BCUT2D eigenvalue weighted by Crippen LogP contribution is 2.29. The first-order valence-electron chi connectivity index (χ1n) is 11.1. The van der Waals surface area contributed by atoms with E-state index in [9.17, 15) is 9.59 Å². The van der Waals surface area contributed by atoms with Crippen LogP contribution in [0.25, 0.3) is 11.4 Å². The van der Waals surface area contributed by atoms with Crippen molar-refractivity contribution in [3.05, 3.63) is 81.8 Å². The van der Waals surface area contributed by atoms with Crippen molar-refractivity contribution in [2.75, 3.05) is 13.2 Å². The summed E-state index contributed by atoms with van der Waals surface area (Å²) in [5.74, 6) is 0.517. The Balaban J connectivity index is 2.11. The number of aryl methyl sites for hydroxylation is 2. The standard InChI is InChI=1S/C26H30N2O4/c1-4-6-18-32-22-15-11-10-14-21(22)24-27-19(3)23(26(30)31-5-2)25(29)28(24)17-16-20-12-8-7-9-13-20/h7-15H,4-6,16-18H2,1-3H3. The third kappa shape index (κ3) is 5.44. The van der Waals surface area contributed by atoms with Crippen molar-refractivity contribution in [2.24, 2.45) is 0 Å². The average Bonchev–Trinajstić information content (AvgIpc) is 2.79. The maximum atomic E-state index is 13.5. The van der Waals surface area contributed by atoms with Crippen molar-refractivity contribution in [1.29, 1.82) is 0 Å². The maximum Gasteiger partial charge on any atom is 0.345 e. The highest BCUT2D eigenvalue weighted by Gasteiger charge is 2.23. The van der Waals surface area contributed by atoms with E-state index in [1.165, 1.54) is 0 Å². The normalized spacial score (nSPS) is 10.7. The molecule has 6 heteroatoms.